The maximum Gasteiger partial charge on any atom is 0.266 e. The molecule has 34 heavy (non-hydrogen) atoms. The van der Waals surface area contributed by atoms with Crippen LogP contribution in [0.2, 0.25) is 0 Å². The predicted molar refractivity (Wildman–Crippen MR) is 138 cm³/mol. The number of amides is 1. The molecule has 0 saturated heterocycles. The van der Waals surface area contributed by atoms with Gasteiger partial charge in [0.2, 0.25) is 0 Å². The van der Waals surface area contributed by atoms with E-state index in [0.717, 1.165) is 28.8 Å². The second-order valence-electron chi connectivity index (χ2n) is 8.91. The summed E-state index contributed by atoms with van der Waals surface area (Å²) in [6.45, 7) is 10.5. The number of rotatable bonds is 6. The van der Waals surface area contributed by atoms with Gasteiger partial charge in [0.05, 0.1) is 22.6 Å². The van der Waals surface area contributed by atoms with Gasteiger partial charge in [-0.2, -0.15) is 0 Å². The van der Waals surface area contributed by atoms with Gasteiger partial charge in [-0.15, -0.1) is 0 Å². The summed E-state index contributed by atoms with van der Waals surface area (Å²) in [4.78, 5) is 34.3. The molecular weight excluding hydrogens is 422 g/mol. The Hall–Kier alpha value is -3.73. The van der Waals surface area contributed by atoms with E-state index in [-0.39, 0.29) is 11.5 Å². The number of hydrogen-bond acceptors (Lipinski definition) is 3. The second-order valence-corrected chi connectivity index (χ2v) is 8.91. The van der Waals surface area contributed by atoms with Crippen molar-refractivity contribution >= 4 is 16.8 Å². The van der Waals surface area contributed by atoms with E-state index < -0.39 is 6.04 Å². The minimum atomic E-state index is -0.413. The predicted octanol–water partition coefficient (Wildman–Crippen LogP) is 5.92. The van der Waals surface area contributed by atoms with Crippen LogP contribution in [0.1, 0.15) is 59.2 Å². The van der Waals surface area contributed by atoms with Crippen LogP contribution in [-0.2, 0) is 0 Å². The van der Waals surface area contributed by atoms with Crippen molar-refractivity contribution < 1.29 is 4.79 Å². The molecule has 1 aromatic heterocycles. The molecule has 0 spiro atoms. The van der Waals surface area contributed by atoms with Gasteiger partial charge in [0.15, 0.2) is 0 Å². The van der Waals surface area contributed by atoms with Gasteiger partial charge in [-0.1, -0.05) is 49.4 Å². The number of nitrogens with zero attached hydrogens (tertiary/aromatic N) is 3. The highest BCUT2D eigenvalue weighted by molar-refractivity contribution is 5.96. The van der Waals surface area contributed by atoms with Gasteiger partial charge in [0.1, 0.15) is 5.82 Å². The standard InChI is InChI=1S/C29H31N3O2/c1-6-17-31(28(33)23-12-8-7-11-20(23)3)22(5)27-30-25-14-10-9-13-24(25)29(34)32(27)26-18-19(2)15-16-21(26)4/h7-16,18,22H,6,17H2,1-5H3. The third-order valence-corrected chi connectivity index (χ3v) is 6.35. The van der Waals surface area contributed by atoms with Crippen molar-refractivity contribution in [3.05, 3.63) is 105 Å². The molecule has 174 valence electrons. The molecule has 1 amide bonds. The second kappa shape index (κ2) is 9.64. The smallest absolute Gasteiger partial charge is 0.266 e. The first-order valence-corrected chi connectivity index (χ1v) is 11.8. The number of aromatic nitrogens is 2. The molecule has 1 unspecified atom stereocenters. The van der Waals surface area contributed by atoms with Gasteiger partial charge < -0.3 is 4.90 Å². The van der Waals surface area contributed by atoms with Crippen molar-refractivity contribution in [1.82, 2.24) is 14.5 Å². The van der Waals surface area contributed by atoms with Gasteiger partial charge >= 0.3 is 0 Å². The van der Waals surface area contributed by atoms with Gasteiger partial charge in [-0.05, 0) is 75.1 Å². The first-order valence-electron chi connectivity index (χ1n) is 11.8. The lowest BCUT2D eigenvalue weighted by atomic mass is 10.1. The fourth-order valence-electron chi connectivity index (χ4n) is 4.44. The molecule has 4 rings (SSSR count). The van der Waals surface area contributed by atoms with E-state index >= 15 is 0 Å². The summed E-state index contributed by atoms with van der Waals surface area (Å²) in [6.07, 6.45) is 0.795. The maximum absolute atomic E-state index is 13.8. The average Bonchev–Trinajstić information content (AvgIpc) is 2.84. The van der Waals surface area contributed by atoms with E-state index in [1.807, 2.05) is 99.3 Å². The number of para-hydroxylation sites is 1. The quantitative estimate of drug-likeness (QED) is 0.364. The Bertz CT molecular complexity index is 1420. The summed E-state index contributed by atoms with van der Waals surface area (Å²) in [6, 6.07) is 20.7. The molecule has 1 atom stereocenters. The van der Waals surface area contributed by atoms with Crippen molar-refractivity contribution in [2.75, 3.05) is 6.54 Å². The van der Waals surface area contributed by atoms with Crippen LogP contribution in [0.3, 0.4) is 0 Å². The Kier molecular flexibility index (Phi) is 6.64. The third kappa shape index (κ3) is 4.26. The van der Waals surface area contributed by atoms with Crippen LogP contribution < -0.4 is 5.56 Å². The molecule has 0 radical (unpaired) electrons. The van der Waals surface area contributed by atoms with Crippen molar-refractivity contribution in [2.24, 2.45) is 0 Å². The minimum Gasteiger partial charge on any atom is -0.329 e. The fourth-order valence-corrected chi connectivity index (χ4v) is 4.44. The Morgan fingerprint density at radius 3 is 2.41 bits per heavy atom. The van der Waals surface area contributed by atoms with E-state index in [4.69, 9.17) is 4.98 Å². The van der Waals surface area contributed by atoms with Gasteiger partial charge in [0.25, 0.3) is 11.5 Å². The lowest BCUT2D eigenvalue weighted by Gasteiger charge is -2.31. The molecule has 0 saturated carbocycles. The van der Waals surface area contributed by atoms with Crippen molar-refractivity contribution in [3.8, 4) is 5.69 Å². The summed E-state index contributed by atoms with van der Waals surface area (Å²) in [5.74, 6) is 0.509. The SMILES string of the molecule is CCCN(C(=O)c1ccccc1C)C(C)c1nc2ccccc2c(=O)n1-c1cc(C)ccc1C. The van der Waals surface area contributed by atoms with Crippen LogP contribution >= 0.6 is 0 Å². The van der Waals surface area contributed by atoms with E-state index in [9.17, 15) is 9.59 Å². The number of fused-ring (bicyclic) bond motifs is 1. The molecule has 1 heterocycles. The van der Waals surface area contributed by atoms with Crippen molar-refractivity contribution in [3.63, 3.8) is 0 Å². The van der Waals surface area contributed by atoms with Crippen molar-refractivity contribution in [2.45, 2.75) is 47.1 Å². The molecule has 0 aliphatic carbocycles. The van der Waals surface area contributed by atoms with Gasteiger partial charge in [0, 0.05) is 12.1 Å². The number of carbonyl (C=O) groups excluding carboxylic acids is 1. The van der Waals surface area contributed by atoms with Gasteiger partial charge in [-0.25, -0.2) is 4.98 Å². The molecule has 5 nitrogen and oxygen atoms in total. The highest BCUT2D eigenvalue weighted by atomic mass is 16.2. The lowest BCUT2D eigenvalue weighted by molar-refractivity contribution is 0.0680. The molecular formula is C29H31N3O2. The Morgan fingerprint density at radius 2 is 1.68 bits per heavy atom. The normalized spacial score (nSPS) is 12.0. The lowest BCUT2D eigenvalue weighted by Crippen LogP contribution is -2.38. The topological polar surface area (TPSA) is 55.2 Å². The molecule has 0 aliphatic rings. The molecule has 0 fully saturated rings. The maximum atomic E-state index is 13.8. The summed E-state index contributed by atoms with van der Waals surface area (Å²) in [7, 11) is 0. The first-order chi connectivity index (χ1) is 16.3. The van der Waals surface area contributed by atoms with Crippen LogP contribution in [0.5, 0.6) is 0 Å². The van der Waals surface area contributed by atoms with Crippen LogP contribution in [0.25, 0.3) is 16.6 Å². The van der Waals surface area contributed by atoms with E-state index in [0.29, 0.717) is 28.8 Å². The summed E-state index contributed by atoms with van der Waals surface area (Å²) < 4.78 is 1.70. The monoisotopic (exact) mass is 453 g/mol. The van der Waals surface area contributed by atoms with Crippen molar-refractivity contribution in [1.29, 1.82) is 0 Å². The highest BCUT2D eigenvalue weighted by Crippen LogP contribution is 2.27. The molecule has 5 heteroatoms. The Labute approximate surface area is 200 Å². The van der Waals surface area contributed by atoms with E-state index in [1.165, 1.54) is 0 Å². The van der Waals surface area contributed by atoms with Gasteiger partial charge in [-0.3, -0.25) is 14.2 Å². The molecule has 0 aliphatic heterocycles. The fraction of sp³-hybridized carbons (Fsp3) is 0.276. The third-order valence-electron chi connectivity index (χ3n) is 6.35. The Morgan fingerprint density at radius 1 is 0.971 bits per heavy atom. The number of carbonyl (C=O) groups is 1. The number of hydrogen-bond donors (Lipinski definition) is 0. The Balaban J connectivity index is 1.96. The number of aryl methyl sites for hydroxylation is 3. The molecule has 0 bridgehead atoms. The van der Waals surface area contributed by atoms with Crippen LogP contribution in [-0.4, -0.2) is 26.9 Å². The van der Waals surface area contributed by atoms with E-state index in [1.54, 1.807) is 4.57 Å². The average molecular weight is 454 g/mol. The first kappa shape index (κ1) is 23.4. The summed E-state index contributed by atoms with van der Waals surface area (Å²) >= 11 is 0. The zero-order valence-electron chi connectivity index (χ0n) is 20.5. The number of benzene rings is 3. The van der Waals surface area contributed by atoms with Crippen LogP contribution in [0, 0.1) is 20.8 Å². The zero-order chi connectivity index (χ0) is 24.4. The summed E-state index contributed by atoms with van der Waals surface area (Å²) in [5, 5.41) is 0.562. The minimum absolute atomic E-state index is 0.0534. The van der Waals surface area contributed by atoms with E-state index in [2.05, 4.69) is 6.92 Å². The highest BCUT2D eigenvalue weighted by Gasteiger charge is 2.28. The zero-order valence-corrected chi connectivity index (χ0v) is 20.5. The van der Waals surface area contributed by atoms with Crippen LogP contribution in [0.15, 0.2) is 71.5 Å². The van der Waals surface area contributed by atoms with Crippen LogP contribution in [0.4, 0.5) is 0 Å². The largest absolute Gasteiger partial charge is 0.329 e. The summed E-state index contributed by atoms with van der Waals surface area (Å²) in [5.41, 5.74) is 4.94. The molecule has 4 aromatic rings. The molecule has 0 N–H and O–H groups in total. The molecule has 3 aromatic carbocycles.